The number of para-hydroxylation sites is 1. The van der Waals surface area contributed by atoms with Gasteiger partial charge < -0.3 is 4.74 Å². The van der Waals surface area contributed by atoms with Crippen molar-refractivity contribution in [1.29, 1.82) is 0 Å². The van der Waals surface area contributed by atoms with E-state index in [1.807, 2.05) is 36.4 Å². The lowest BCUT2D eigenvalue weighted by molar-refractivity contribution is 0.159. The molecule has 7 heteroatoms. The fraction of sp³-hybridized carbons (Fsp3) is 0.333. The van der Waals surface area contributed by atoms with E-state index < -0.39 is 10.0 Å². The van der Waals surface area contributed by atoms with E-state index in [2.05, 4.69) is 20.8 Å². The molecule has 2 aromatic carbocycles. The normalized spacial score (nSPS) is 16.7. The molecule has 0 bridgehead atoms. The molecule has 3 rings (SSSR count). The van der Waals surface area contributed by atoms with Gasteiger partial charge in [-0.2, -0.15) is 4.31 Å². The van der Waals surface area contributed by atoms with Gasteiger partial charge in [-0.15, -0.1) is 0 Å². The van der Waals surface area contributed by atoms with Crippen LogP contribution in [0.2, 0.25) is 0 Å². The lowest BCUT2D eigenvalue weighted by Crippen LogP contribution is -2.49. The van der Waals surface area contributed by atoms with Crippen molar-refractivity contribution in [1.82, 2.24) is 9.21 Å². The minimum Gasteiger partial charge on any atom is -0.492 e. The molecule has 1 heterocycles. The second-order valence-corrected chi connectivity index (χ2v) is 8.72. The van der Waals surface area contributed by atoms with Gasteiger partial charge in [0, 0.05) is 37.2 Å². The number of benzene rings is 2. The Morgan fingerprint density at radius 2 is 1.68 bits per heavy atom. The summed E-state index contributed by atoms with van der Waals surface area (Å²) in [4.78, 5) is 2.57. The smallest absolute Gasteiger partial charge is 0.243 e. The number of rotatable bonds is 6. The number of piperazine rings is 1. The molecule has 134 valence electrons. The molecule has 0 saturated carbocycles. The summed E-state index contributed by atoms with van der Waals surface area (Å²) in [5.41, 5.74) is 0. The summed E-state index contributed by atoms with van der Waals surface area (Å²) in [5.74, 6) is 0.860. The third-order valence-corrected chi connectivity index (χ3v) is 6.57. The molecule has 5 nitrogen and oxygen atoms in total. The molecule has 2 aromatic rings. The molecule has 0 aromatic heterocycles. The molecule has 0 atom stereocenters. The molecular formula is C18H21BrN2O3S. The molecule has 0 amide bonds. The van der Waals surface area contributed by atoms with Crippen LogP contribution in [0.1, 0.15) is 0 Å². The van der Waals surface area contributed by atoms with Gasteiger partial charge in [-0.05, 0) is 30.3 Å². The van der Waals surface area contributed by atoms with Crippen LogP contribution in [-0.4, -0.2) is 57.0 Å². The fourth-order valence-corrected chi connectivity index (χ4v) is 4.80. The fourth-order valence-electron chi connectivity index (χ4n) is 2.78. The number of hydrogen-bond acceptors (Lipinski definition) is 4. The van der Waals surface area contributed by atoms with Gasteiger partial charge in [-0.3, -0.25) is 4.90 Å². The van der Waals surface area contributed by atoms with E-state index in [-0.39, 0.29) is 0 Å². The van der Waals surface area contributed by atoms with Crippen LogP contribution in [0.4, 0.5) is 0 Å². The Hall–Kier alpha value is -1.41. The minimum absolute atomic E-state index is 0.336. The first-order valence-electron chi connectivity index (χ1n) is 8.22. The topological polar surface area (TPSA) is 49.9 Å². The van der Waals surface area contributed by atoms with Crippen molar-refractivity contribution in [3.05, 3.63) is 59.1 Å². The van der Waals surface area contributed by atoms with Gasteiger partial charge in [-0.1, -0.05) is 40.2 Å². The zero-order valence-corrected chi connectivity index (χ0v) is 16.2. The second kappa shape index (κ2) is 8.31. The van der Waals surface area contributed by atoms with E-state index in [9.17, 15) is 8.42 Å². The van der Waals surface area contributed by atoms with Crippen LogP contribution >= 0.6 is 15.9 Å². The average Bonchev–Trinajstić information content (AvgIpc) is 2.63. The van der Waals surface area contributed by atoms with Crippen LogP contribution in [0.25, 0.3) is 0 Å². The zero-order valence-electron chi connectivity index (χ0n) is 13.8. The molecule has 1 aliphatic rings. The highest BCUT2D eigenvalue weighted by atomic mass is 79.9. The number of halogens is 1. The van der Waals surface area contributed by atoms with E-state index in [1.54, 1.807) is 22.5 Å². The van der Waals surface area contributed by atoms with Gasteiger partial charge >= 0.3 is 0 Å². The predicted molar refractivity (Wildman–Crippen MR) is 101 cm³/mol. The predicted octanol–water partition coefficient (Wildman–Crippen LogP) is 2.83. The highest BCUT2D eigenvalue weighted by Crippen LogP contribution is 2.21. The van der Waals surface area contributed by atoms with Crippen LogP contribution in [-0.2, 0) is 10.0 Å². The number of sulfonamides is 1. The molecule has 1 fully saturated rings. The summed E-state index contributed by atoms with van der Waals surface area (Å²) in [6.45, 7) is 3.82. The Labute approximate surface area is 157 Å². The summed E-state index contributed by atoms with van der Waals surface area (Å²) >= 11 is 3.33. The Kier molecular flexibility index (Phi) is 6.11. The van der Waals surface area contributed by atoms with Crippen LogP contribution in [0.3, 0.4) is 0 Å². The van der Waals surface area contributed by atoms with Gasteiger partial charge in [-0.25, -0.2) is 8.42 Å². The largest absolute Gasteiger partial charge is 0.492 e. The summed E-state index contributed by atoms with van der Waals surface area (Å²) < 4.78 is 33.4. The average molecular weight is 425 g/mol. The Balaban J connectivity index is 1.50. The number of nitrogens with zero attached hydrogens (tertiary/aromatic N) is 2. The van der Waals surface area contributed by atoms with Crippen molar-refractivity contribution in [3.63, 3.8) is 0 Å². The summed E-state index contributed by atoms with van der Waals surface area (Å²) in [6.07, 6.45) is 0. The Morgan fingerprint density at radius 1 is 0.960 bits per heavy atom. The molecular weight excluding hydrogens is 404 g/mol. The monoisotopic (exact) mass is 424 g/mol. The third kappa shape index (κ3) is 4.82. The maximum atomic E-state index is 12.7. The van der Waals surface area contributed by atoms with E-state index >= 15 is 0 Å². The highest BCUT2D eigenvalue weighted by Gasteiger charge is 2.28. The van der Waals surface area contributed by atoms with Gasteiger partial charge in [0.15, 0.2) is 0 Å². The SMILES string of the molecule is O=S(=O)(c1cccc(Br)c1)N1CCN(CCOc2ccccc2)CC1. The summed E-state index contributed by atoms with van der Waals surface area (Å²) in [6, 6.07) is 16.6. The van der Waals surface area contributed by atoms with Crippen molar-refractivity contribution in [2.45, 2.75) is 4.90 Å². The molecule has 0 spiro atoms. The van der Waals surface area contributed by atoms with Crippen molar-refractivity contribution < 1.29 is 13.2 Å². The first-order valence-corrected chi connectivity index (χ1v) is 10.4. The van der Waals surface area contributed by atoms with Gasteiger partial charge in [0.2, 0.25) is 10.0 Å². The maximum absolute atomic E-state index is 12.7. The molecule has 0 radical (unpaired) electrons. The van der Waals surface area contributed by atoms with E-state index in [0.717, 1.165) is 16.8 Å². The molecule has 25 heavy (non-hydrogen) atoms. The Bertz CT molecular complexity index is 791. The highest BCUT2D eigenvalue weighted by molar-refractivity contribution is 9.10. The quantitative estimate of drug-likeness (QED) is 0.715. The van der Waals surface area contributed by atoms with Crippen molar-refractivity contribution in [2.75, 3.05) is 39.3 Å². The first-order chi connectivity index (χ1) is 12.1. The summed E-state index contributed by atoms with van der Waals surface area (Å²) in [7, 11) is -3.43. The maximum Gasteiger partial charge on any atom is 0.243 e. The van der Waals surface area contributed by atoms with Gasteiger partial charge in [0.05, 0.1) is 4.90 Å². The lowest BCUT2D eigenvalue weighted by Gasteiger charge is -2.33. The van der Waals surface area contributed by atoms with Crippen LogP contribution < -0.4 is 4.74 Å². The third-order valence-electron chi connectivity index (χ3n) is 4.18. The van der Waals surface area contributed by atoms with Gasteiger partial charge in [0.25, 0.3) is 0 Å². The number of ether oxygens (including phenoxy) is 1. The standard InChI is InChI=1S/C18H21BrN2O3S/c19-16-5-4-8-18(15-16)25(22,23)21-11-9-20(10-12-21)13-14-24-17-6-2-1-3-7-17/h1-8,15H,9-14H2. The molecule has 0 N–H and O–H groups in total. The van der Waals surface area contributed by atoms with Crippen molar-refractivity contribution >= 4 is 26.0 Å². The van der Waals surface area contributed by atoms with Crippen LogP contribution in [0, 0.1) is 0 Å². The van der Waals surface area contributed by atoms with Crippen LogP contribution in [0.15, 0.2) is 64.0 Å². The van der Waals surface area contributed by atoms with Crippen LogP contribution in [0.5, 0.6) is 5.75 Å². The van der Waals surface area contributed by atoms with Crippen molar-refractivity contribution in [3.8, 4) is 5.75 Å². The van der Waals surface area contributed by atoms with Gasteiger partial charge in [0.1, 0.15) is 12.4 Å². The first kappa shape index (κ1) is 18.4. The molecule has 0 aliphatic carbocycles. The molecule has 1 saturated heterocycles. The zero-order chi connectivity index (χ0) is 17.7. The summed E-state index contributed by atoms with van der Waals surface area (Å²) in [5, 5.41) is 0. The van der Waals surface area contributed by atoms with E-state index in [1.165, 1.54) is 0 Å². The minimum atomic E-state index is -3.43. The lowest BCUT2D eigenvalue weighted by atomic mass is 10.3. The van der Waals surface area contributed by atoms with E-state index in [0.29, 0.717) is 37.7 Å². The van der Waals surface area contributed by atoms with Crippen molar-refractivity contribution in [2.24, 2.45) is 0 Å². The molecule has 1 aliphatic heterocycles. The Morgan fingerprint density at radius 3 is 2.36 bits per heavy atom. The van der Waals surface area contributed by atoms with E-state index in [4.69, 9.17) is 4.74 Å². The molecule has 0 unspecified atom stereocenters. The number of hydrogen-bond donors (Lipinski definition) is 0. The second-order valence-electron chi connectivity index (χ2n) is 5.86.